The number of hydrogen-bond donors (Lipinski definition) is 0. The average molecular weight is 326 g/mol. The number of rotatable bonds is 6. The molecule has 0 fully saturated rings. The minimum absolute atomic E-state index is 0.131. The second-order valence-corrected chi connectivity index (χ2v) is 7.35. The molecular weight excluding hydrogens is 304 g/mol. The van der Waals surface area contributed by atoms with Gasteiger partial charge in [0.05, 0.1) is 6.07 Å². The Balaban J connectivity index is 2.31. The molecule has 0 N–H and O–H groups in total. The largest absolute Gasteiger partial charge is 0.298 e. The Kier molecular flexibility index (Phi) is 5.62. The summed E-state index contributed by atoms with van der Waals surface area (Å²) in [5, 5.41) is 18.1. The molecule has 0 saturated heterocycles. The molecule has 5 heteroatoms. The zero-order valence-electron chi connectivity index (χ0n) is 13.9. The SMILES string of the molecule is C=CCn1c(SCCC#N)nnc1-c1ccc(C(C)(C)C)cc1. The number of aromatic nitrogens is 3. The van der Waals surface area contributed by atoms with Gasteiger partial charge in [-0.25, -0.2) is 0 Å². The summed E-state index contributed by atoms with van der Waals surface area (Å²) in [7, 11) is 0. The predicted molar refractivity (Wildman–Crippen MR) is 95.3 cm³/mol. The summed E-state index contributed by atoms with van der Waals surface area (Å²) < 4.78 is 2.04. The zero-order valence-corrected chi connectivity index (χ0v) is 14.7. The van der Waals surface area contributed by atoms with Crippen LogP contribution < -0.4 is 0 Å². The first-order chi connectivity index (χ1) is 11.0. The van der Waals surface area contributed by atoms with Crippen LogP contribution in [0.4, 0.5) is 0 Å². The summed E-state index contributed by atoms with van der Waals surface area (Å²) in [6, 6.07) is 10.6. The van der Waals surface area contributed by atoms with Crippen LogP contribution in [0, 0.1) is 11.3 Å². The third-order valence-corrected chi connectivity index (χ3v) is 4.45. The summed E-state index contributed by atoms with van der Waals surface area (Å²) in [6.07, 6.45) is 2.34. The quantitative estimate of drug-likeness (QED) is 0.447. The number of nitrogens with zero attached hydrogens (tertiary/aromatic N) is 4. The van der Waals surface area contributed by atoms with Gasteiger partial charge in [-0.3, -0.25) is 4.57 Å². The Hall–Kier alpha value is -2.06. The van der Waals surface area contributed by atoms with Crippen molar-refractivity contribution >= 4 is 11.8 Å². The van der Waals surface area contributed by atoms with Crippen molar-refractivity contribution in [1.29, 1.82) is 5.26 Å². The van der Waals surface area contributed by atoms with Gasteiger partial charge in [0.25, 0.3) is 0 Å². The van der Waals surface area contributed by atoms with Crippen molar-refractivity contribution in [2.45, 2.75) is 44.3 Å². The van der Waals surface area contributed by atoms with E-state index in [9.17, 15) is 0 Å². The van der Waals surface area contributed by atoms with Gasteiger partial charge in [-0.1, -0.05) is 62.9 Å². The van der Waals surface area contributed by atoms with Crippen molar-refractivity contribution in [1.82, 2.24) is 14.8 Å². The lowest BCUT2D eigenvalue weighted by molar-refractivity contribution is 0.590. The summed E-state index contributed by atoms with van der Waals surface area (Å²) in [6.45, 7) is 11.1. The fourth-order valence-corrected chi connectivity index (χ4v) is 3.00. The average Bonchev–Trinajstić information content (AvgIpc) is 2.90. The maximum atomic E-state index is 8.67. The van der Waals surface area contributed by atoms with Crippen molar-refractivity contribution in [3.8, 4) is 17.5 Å². The molecule has 0 amide bonds. The molecule has 2 aromatic rings. The zero-order chi connectivity index (χ0) is 16.9. The second kappa shape index (κ2) is 7.47. The van der Waals surface area contributed by atoms with E-state index in [0.29, 0.717) is 13.0 Å². The Morgan fingerprint density at radius 2 is 1.96 bits per heavy atom. The van der Waals surface area contributed by atoms with Crippen molar-refractivity contribution in [2.24, 2.45) is 0 Å². The highest BCUT2D eigenvalue weighted by molar-refractivity contribution is 7.99. The van der Waals surface area contributed by atoms with Gasteiger partial charge in [-0.15, -0.1) is 16.8 Å². The molecule has 1 aromatic carbocycles. The van der Waals surface area contributed by atoms with Crippen molar-refractivity contribution < 1.29 is 0 Å². The third-order valence-electron chi connectivity index (χ3n) is 3.48. The van der Waals surface area contributed by atoms with Gasteiger partial charge >= 0.3 is 0 Å². The first kappa shape index (κ1) is 17.3. The summed E-state index contributed by atoms with van der Waals surface area (Å²) in [4.78, 5) is 0. The van der Waals surface area contributed by atoms with Crippen LogP contribution in [-0.4, -0.2) is 20.5 Å². The maximum Gasteiger partial charge on any atom is 0.191 e. The lowest BCUT2D eigenvalue weighted by atomic mass is 9.87. The molecule has 0 aliphatic rings. The molecule has 0 aliphatic carbocycles. The van der Waals surface area contributed by atoms with Crippen LogP contribution in [0.5, 0.6) is 0 Å². The van der Waals surface area contributed by atoms with E-state index >= 15 is 0 Å². The highest BCUT2D eigenvalue weighted by Gasteiger charge is 2.16. The van der Waals surface area contributed by atoms with E-state index in [-0.39, 0.29) is 5.41 Å². The molecule has 120 valence electrons. The normalized spacial score (nSPS) is 11.2. The topological polar surface area (TPSA) is 54.5 Å². The van der Waals surface area contributed by atoms with E-state index in [1.54, 1.807) is 11.8 Å². The number of benzene rings is 1. The number of nitriles is 1. The standard InChI is InChI=1S/C18H22N4S/c1-5-12-22-16(20-21-17(22)23-13-6-11-19)14-7-9-15(10-8-14)18(2,3)4/h5,7-10H,1,6,12-13H2,2-4H3. The molecule has 0 saturated carbocycles. The monoisotopic (exact) mass is 326 g/mol. The van der Waals surface area contributed by atoms with Gasteiger partial charge in [0.2, 0.25) is 0 Å². The van der Waals surface area contributed by atoms with Gasteiger partial charge in [0, 0.05) is 24.3 Å². The predicted octanol–water partition coefficient (Wildman–Crippen LogP) is 4.43. The van der Waals surface area contributed by atoms with Gasteiger partial charge in [0.15, 0.2) is 11.0 Å². The van der Waals surface area contributed by atoms with Crippen LogP contribution in [0.15, 0.2) is 42.1 Å². The minimum atomic E-state index is 0.131. The van der Waals surface area contributed by atoms with Crippen LogP contribution in [-0.2, 0) is 12.0 Å². The molecule has 0 radical (unpaired) electrons. The Bertz CT molecular complexity index is 702. The highest BCUT2D eigenvalue weighted by atomic mass is 32.2. The molecule has 4 nitrogen and oxygen atoms in total. The molecular formula is C18H22N4S. The molecule has 2 rings (SSSR count). The first-order valence-corrected chi connectivity index (χ1v) is 8.60. The van der Waals surface area contributed by atoms with Gasteiger partial charge in [-0.05, 0) is 11.0 Å². The smallest absolute Gasteiger partial charge is 0.191 e. The highest BCUT2D eigenvalue weighted by Crippen LogP contribution is 2.27. The van der Waals surface area contributed by atoms with Crippen molar-refractivity contribution in [3.63, 3.8) is 0 Å². The Labute approximate surface area is 142 Å². The molecule has 1 aromatic heterocycles. The lowest BCUT2D eigenvalue weighted by Gasteiger charge is -2.19. The van der Waals surface area contributed by atoms with E-state index in [1.807, 2.05) is 10.6 Å². The number of allylic oxidation sites excluding steroid dienone is 1. The van der Waals surface area contributed by atoms with Crippen LogP contribution in [0.3, 0.4) is 0 Å². The van der Waals surface area contributed by atoms with Gasteiger partial charge in [0.1, 0.15) is 0 Å². The minimum Gasteiger partial charge on any atom is -0.298 e. The van der Waals surface area contributed by atoms with Crippen LogP contribution in [0.25, 0.3) is 11.4 Å². The molecule has 0 spiro atoms. The third kappa shape index (κ3) is 4.23. The molecule has 0 aliphatic heterocycles. The number of thioether (sulfide) groups is 1. The summed E-state index contributed by atoms with van der Waals surface area (Å²) >= 11 is 1.55. The van der Waals surface area contributed by atoms with Crippen LogP contribution >= 0.6 is 11.8 Å². The Morgan fingerprint density at radius 3 is 2.52 bits per heavy atom. The summed E-state index contributed by atoms with van der Waals surface area (Å²) in [5.41, 5.74) is 2.46. The first-order valence-electron chi connectivity index (χ1n) is 7.62. The van der Waals surface area contributed by atoms with E-state index in [0.717, 1.165) is 22.3 Å². The lowest BCUT2D eigenvalue weighted by Crippen LogP contribution is -2.10. The van der Waals surface area contributed by atoms with Gasteiger partial charge in [-0.2, -0.15) is 5.26 Å². The van der Waals surface area contributed by atoms with E-state index in [4.69, 9.17) is 5.26 Å². The van der Waals surface area contributed by atoms with Crippen molar-refractivity contribution in [3.05, 3.63) is 42.5 Å². The fourth-order valence-electron chi connectivity index (χ4n) is 2.21. The van der Waals surface area contributed by atoms with E-state index < -0.39 is 0 Å². The molecule has 0 unspecified atom stereocenters. The van der Waals surface area contributed by atoms with Crippen LogP contribution in [0.1, 0.15) is 32.8 Å². The molecule has 0 bridgehead atoms. The van der Waals surface area contributed by atoms with E-state index in [1.165, 1.54) is 5.56 Å². The van der Waals surface area contributed by atoms with E-state index in [2.05, 4.69) is 67.9 Å². The fraction of sp³-hybridized carbons (Fsp3) is 0.389. The van der Waals surface area contributed by atoms with Crippen molar-refractivity contribution in [2.75, 3.05) is 5.75 Å². The second-order valence-electron chi connectivity index (χ2n) is 6.29. The Morgan fingerprint density at radius 1 is 1.26 bits per heavy atom. The van der Waals surface area contributed by atoms with Gasteiger partial charge < -0.3 is 0 Å². The molecule has 1 heterocycles. The maximum absolute atomic E-state index is 8.67. The molecule has 0 atom stereocenters. The van der Waals surface area contributed by atoms with Crippen LogP contribution in [0.2, 0.25) is 0 Å². The molecule has 23 heavy (non-hydrogen) atoms. The number of hydrogen-bond acceptors (Lipinski definition) is 4. The summed E-state index contributed by atoms with van der Waals surface area (Å²) in [5.74, 6) is 1.55.